The van der Waals surface area contributed by atoms with Crippen LogP contribution in [0.4, 0.5) is 0 Å². The lowest BCUT2D eigenvalue weighted by atomic mass is 9.99. The molecule has 0 radical (unpaired) electrons. The van der Waals surface area contributed by atoms with Crippen LogP contribution in [-0.2, 0) is 9.53 Å². The number of aliphatic hydroxyl groups excluding tert-OH is 1. The van der Waals surface area contributed by atoms with Crippen LogP contribution in [0.3, 0.4) is 0 Å². The van der Waals surface area contributed by atoms with Crippen LogP contribution in [0.1, 0.15) is 11.7 Å². The molecule has 1 aliphatic heterocycles. The summed E-state index contributed by atoms with van der Waals surface area (Å²) in [5.74, 6) is -0.150. The van der Waals surface area contributed by atoms with Gasteiger partial charge in [-0.25, -0.2) is 0 Å². The van der Waals surface area contributed by atoms with Gasteiger partial charge in [-0.2, -0.15) is 0 Å². The molecule has 0 aromatic heterocycles. The van der Waals surface area contributed by atoms with E-state index in [1.165, 1.54) is 12.2 Å². The first-order valence-corrected chi connectivity index (χ1v) is 6.45. The molecule has 3 nitrogen and oxygen atoms in total. The summed E-state index contributed by atoms with van der Waals surface area (Å²) >= 11 is 0. The highest BCUT2D eigenvalue weighted by Crippen LogP contribution is 2.27. The summed E-state index contributed by atoms with van der Waals surface area (Å²) in [6.45, 7) is 0. The SMILES string of the molecule is O=C1C=C[C@@H](O)O[C@@H]1c1ccc(-c2ccccc2)cc1. The first kappa shape index (κ1) is 12.8. The molecule has 2 atom stereocenters. The molecule has 3 rings (SSSR count). The van der Waals surface area contributed by atoms with Crippen LogP contribution in [0.25, 0.3) is 11.1 Å². The molecule has 0 unspecified atom stereocenters. The molecule has 0 saturated heterocycles. The van der Waals surface area contributed by atoms with Gasteiger partial charge in [0.1, 0.15) is 6.10 Å². The third kappa shape index (κ3) is 2.54. The lowest BCUT2D eigenvalue weighted by Gasteiger charge is -2.21. The zero-order valence-electron chi connectivity index (χ0n) is 10.8. The Balaban J connectivity index is 1.87. The van der Waals surface area contributed by atoms with Crippen LogP contribution in [0.15, 0.2) is 66.7 Å². The average Bonchev–Trinajstić information content (AvgIpc) is 2.51. The van der Waals surface area contributed by atoms with Crippen molar-refractivity contribution < 1.29 is 14.6 Å². The lowest BCUT2D eigenvalue weighted by Crippen LogP contribution is -2.24. The van der Waals surface area contributed by atoms with Crippen molar-refractivity contribution in [2.75, 3.05) is 0 Å². The minimum absolute atomic E-state index is 0.150. The van der Waals surface area contributed by atoms with E-state index in [2.05, 4.69) is 0 Å². The van der Waals surface area contributed by atoms with E-state index in [0.29, 0.717) is 0 Å². The second-order valence-electron chi connectivity index (χ2n) is 4.66. The highest BCUT2D eigenvalue weighted by Gasteiger charge is 2.25. The van der Waals surface area contributed by atoms with E-state index in [4.69, 9.17) is 4.74 Å². The van der Waals surface area contributed by atoms with Gasteiger partial charge in [-0.3, -0.25) is 4.79 Å². The molecule has 0 amide bonds. The van der Waals surface area contributed by atoms with Crippen LogP contribution in [0.2, 0.25) is 0 Å². The molecule has 0 saturated carbocycles. The summed E-state index contributed by atoms with van der Waals surface area (Å²) in [4.78, 5) is 11.8. The van der Waals surface area contributed by atoms with E-state index >= 15 is 0 Å². The Morgan fingerprint density at radius 1 is 0.900 bits per heavy atom. The molecule has 0 spiro atoms. The third-order valence-electron chi connectivity index (χ3n) is 3.28. The first-order valence-electron chi connectivity index (χ1n) is 6.45. The lowest BCUT2D eigenvalue weighted by molar-refractivity contribution is -0.149. The zero-order valence-corrected chi connectivity index (χ0v) is 10.8. The summed E-state index contributed by atoms with van der Waals surface area (Å²) in [5.41, 5.74) is 2.95. The largest absolute Gasteiger partial charge is 0.365 e. The Kier molecular flexibility index (Phi) is 3.46. The number of ether oxygens (including phenoxy) is 1. The Morgan fingerprint density at radius 2 is 1.55 bits per heavy atom. The van der Waals surface area contributed by atoms with E-state index in [1.807, 2.05) is 54.6 Å². The van der Waals surface area contributed by atoms with E-state index in [-0.39, 0.29) is 5.78 Å². The van der Waals surface area contributed by atoms with Crippen molar-refractivity contribution in [1.82, 2.24) is 0 Å². The molecular weight excluding hydrogens is 252 g/mol. The molecular formula is C17H14O3. The van der Waals surface area contributed by atoms with Gasteiger partial charge in [-0.1, -0.05) is 54.6 Å². The first-order chi connectivity index (χ1) is 9.74. The highest BCUT2D eigenvalue weighted by atomic mass is 16.6. The number of hydrogen-bond acceptors (Lipinski definition) is 3. The molecule has 20 heavy (non-hydrogen) atoms. The average molecular weight is 266 g/mol. The number of ketones is 1. The fourth-order valence-corrected chi connectivity index (χ4v) is 2.24. The molecule has 2 aromatic carbocycles. The maximum atomic E-state index is 11.8. The van der Waals surface area contributed by atoms with Crippen molar-refractivity contribution in [3.63, 3.8) is 0 Å². The molecule has 3 heteroatoms. The van der Waals surface area contributed by atoms with Gasteiger partial charge in [0.2, 0.25) is 0 Å². The minimum Gasteiger partial charge on any atom is -0.365 e. The molecule has 1 aliphatic rings. The van der Waals surface area contributed by atoms with Crippen molar-refractivity contribution in [1.29, 1.82) is 0 Å². The molecule has 1 heterocycles. The molecule has 0 aliphatic carbocycles. The van der Waals surface area contributed by atoms with Crippen LogP contribution in [0.5, 0.6) is 0 Å². The molecule has 2 aromatic rings. The summed E-state index contributed by atoms with van der Waals surface area (Å²) in [5, 5.41) is 9.43. The van der Waals surface area contributed by atoms with Crippen molar-refractivity contribution in [2.45, 2.75) is 12.4 Å². The monoisotopic (exact) mass is 266 g/mol. The number of carbonyl (C=O) groups excluding carboxylic acids is 1. The molecule has 1 N–H and O–H groups in total. The van der Waals surface area contributed by atoms with Crippen molar-refractivity contribution >= 4 is 5.78 Å². The van der Waals surface area contributed by atoms with E-state index < -0.39 is 12.4 Å². The van der Waals surface area contributed by atoms with Gasteiger partial charge in [-0.15, -0.1) is 0 Å². The fraction of sp³-hybridized carbons (Fsp3) is 0.118. The van der Waals surface area contributed by atoms with Gasteiger partial charge in [0.05, 0.1) is 0 Å². The number of benzene rings is 2. The van der Waals surface area contributed by atoms with Crippen molar-refractivity contribution in [3.8, 4) is 11.1 Å². The highest BCUT2D eigenvalue weighted by molar-refractivity contribution is 5.95. The summed E-state index contributed by atoms with van der Waals surface area (Å²) in [6.07, 6.45) is 0.965. The summed E-state index contributed by atoms with van der Waals surface area (Å²) in [7, 11) is 0. The molecule has 0 bridgehead atoms. The van der Waals surface area contributed by atoms with E-state index in [1.54, 1.807) is 0 Å². The maximum Gasteiger partial charge on any atom is 0.188 e. The van der Waals surface area contributed by atoms with Crippen molar-refractivity contribution in [3.05, 3.63) is 72.3 Å². The number of aliphatic hydroxyl groups is 1. The van der Waals surface area contributed by atoms with Gasteiger partial charge in [-0.05, 0) is 28.8 Å². The van der Waals surface area contributed by atoms with Crippen LogP contribution >= 0.6 is 0 Å². The smallest absolute Gasteiger partial charge is 0.188 e. The normalized spacial score (nSPS) is 21.9. The van der Waals surface area contributed by atoms with Gasteiger partial charge in [0.25, 0.3) is 0 Å². The van der Waals surface area contributed by atoms with Gasteiger partial charge < -0.3 is 9.84 Å². The quantitative estimate of drug-likeness (QED) is 0.909. The second kappa shape index (κ2) is 5.41. The summed E-state index contributed by atoms with van der Waals surface area (Å²) in [6, 6.07) is 17.6. The van der Waals surface area contributed by atoms with E-state index in [0.717, 1.165) is 16.7 Å². The topological polar surface area (TPSA) is 46.5 Å². The standard InChI is InChI=1S/C17H14O3/c18-15-10-11-16(19)20-17(15)14-8-6-13(7-9-14)12-4-2-1-3-5-12/h1-11,16-17,19H/t16-,17+/m0/s1. The fourth-order valence-electron chi connectivity index (χ4n) is 2.24. The number of hydrogen-bond donors (Lipinski definition) is 1. The Bertz CT molecular complexity index is 629. The van der Waals surface area contributed by atoms with Crippen LogP contribution in [-0.4, -0.2) is 17.2 Å². The van der Waals surface area contributed by atoms with Crippen molar-refractivity contribution in [2.24, 2.45) is 0 Å². The second-order valence-corrected chi connectivity index (χ2v) is 4.66. The minimum atomic E-state index is -1.02. The molecule has 0 fully saturated rings. The number of carbonyl (C=O) groups is 1. The van der Waals surface area contributed by atoms with Gasteiger partial charge in [0.15, 0.2) is 12.1 Å². The zero-order chi connectivity index (χ0) is 13.9. The predicted octanol–water partition coefficient (Wildman–Crippen LogP) is 2.87. The van der Waals surface area contributed by atoms with Crippen LogP contribution < -0.4 is 0 Å². The maximum absolute atomic E-state index is 11.8. The third-order valence-corrected chi connectivity index (χ3v) is 3.28. The van der Waals surface area contributed by atoms with Gasteiger partial charge in [0, 0.05) is 0 Å². The Hall–Kier alpha value is -2.23. The predicted molar refractivity (Wildman–Crippen MR) is 75.9 cm³/mol. The van der Waals surface area contributed by atoms with Crippen LogP contribution in [0, 0.1) is 0 Å². The van der Waals surface area contributed by atoms with E-state index in [9.17, 15) is 9.90 Å². The number of rotatable bonds is 2. The Labute approximate surface area is 117 Å². The summed E-state index contributed by atoms with van der Waals surface area (Å²) < 4.78 is 5.25. The molecule has 100 valence electrons. The Morgan fingerprint density at radius 3 is 2.25 bits per heavy atom. The van der Waals surface area contributed by atoms with Gasteiger partial charge >= 0.3 is 0 Å².